The molecule has 0 aliphatic carbocycles. The number of aromatic nitrogens is 2. The number of likely N-dealkylation sites (tertiary alicyclic amines) is 1. The van der Waals surface area contributed by atoms with Crippen molar-refractivity contribution in [3.63, 3.8) is 0 Å². The number of hydrogen-bond acceptors (Lipinski definition) is 4. The predicted molar refractivity (Wildman–Crippen MR) is 91.8 cm³/mol. The lowest BCUT2D eigenvalue weighted by atomic mass is 9.92. The van der Waals surface area contributed by atoms with Crippen LogP contribution in [0.2, 0.25) is 0 Å². The summed E-state index contributed by atoms with van der Waals surface area (Å²) in [7, 11) is 1.89. The minimum absolute atomic E-state index is 0.0490. The molecule has 3 heterocycles. The smallest absolute Gasteiger partial charge is 0.275 e. The molecule has 2 saturated heterocycles. The maximum atomic E-state index is 12.8. The van der Waals surface area contributed by atoms with E-state index in [1.165, 1.54) is 0 Å². The SMILES string of the molecule is CCOC1CSC2(C1)CN(C(=O)c1nn(C)c3ccccc13)C2. The molecule has 1 amide bonds. The maximum absolute atomic E-state index is 12.8. The Hall–Kier alpha value is -1.53. The molecule has 1 spiro atoms. The highest BCUT2D eigenvalue weighted by molar-refractivity contribution is 8.01. The van der Waals surface area contributed by atoms with Crippen LogP contribution in [0.25, 0.3) is 10.9 Å². The van der Waals surface area contributed by atoms with E-state index in [9.17, 15) is 4.79 Å². The van der Waals surface area contributed by atoms with E-state index in [0.29, 0.717) is 11.8 Å². The summed E-state index contributed by atoms with van der Waals surface area (Å²) in [4.78, 5) is 14.7. The summed E-state index contributed by atoms with van der Waals surface area (Å²) in [5, 5.41) is 5.38. The molecule has 0 bridgehead atoms. The molecule has 0 saturated carbocycles. The Morgan fingerprint density at radius 2 is 2.22 bits per heavy atom. The number of ether oxygens (including phenoxy) is 1. The second kappa shape index (κ2) is 5.53. The fraction of sp³-hybridized carbons (Fsp3) is 0.529. The molecule has 2 aliphatic rings. The van der Waals surface area contributed by atoms with E-state index < -0.39 is 0 Å². The van der Waals surface area contributed by atoms with Gasteiger partial charge < -0.3 is 9.64 Å². The summed E-state index contributed by atoms with van der Waals surface area (Å²) in [5.74, 6) is 1.09. The Bertz CT molecular complexity index is 751. The predicted octanol–water partition coefficient (Wildman–Crippen LogP) is 2.31. The lowest BCUT2D eigenvalue weighted by Crippen LogP contribution is -2.60. The summed E-state index contributed by atoms with van der Waals surface area (Å²) in [5.41, 5.74) is 1.57. The average Bonchev–Trinajstić information content (AvgIpc) is 3.08. The number of benzene rings is 1. The summed E-state index contributed by atoms with van der Waals surface area (Å²) in [6, 6.07) is 7.90. The van der Waals surface area contributed by atoms with Gasteiger partial charge in [-0.25, -0.2) is 0 Å². The van der Waals surface area contributed by atoms with Gasteiger partial charge in [-0.05, 0) is 19.4 Å². The zero-order valence-corrected chi connectivity index (χ0v) is 14.3. The van der Waals surface area contributed by atoms with Crippen LogP contribution < -0.4 is 0 Å². The van der Waals surface area contributed by atoms with E-state index >= 15 is 0 Å². The van der Waals surface area contributed by atoms with Crippen molar-refractivity contribution in [1.82, 2.24) is 14.7 Å². The van der Waals surface area contributed by atoms with Gasteiger partial charge in [0, 0.05) is 37.9 Å². The number of hydrogen-bond donors (Lipinski definition) is 0. The Morgan fingerprint density at radius 3 is 3.00 bits per heavy atom. The number of fused-ring (bicyclic) bond motifs is 1. The lowest BCUT2D eigenvalue weighted by molar-refractivity contribution is 0.0356. The Balaban J connectivity index is 1.49. The van der Waals surface area contributed by atoms with E-state index in [2.05, 4.69) is 5.10 Å². The van der Waals surface area contributed by atoms with Crippen LogP contribution in [0, 0.1) is 0 Å². The van der Waals surface area contributed by atoms with Crippen LogP contribution >= 0.6 is 11.8 Å². The third-order valence-electron chi connectivity index (χ3n) is 4.78. The van der Waals surface area contributed by atoms with Crippen molar-refractivity contribution in [2.24, 2.45) is 7.05 Å². The minimum atomic E-state index is 0.0490. The minimum Gasteiger partial charge on any atom is -0.378 e. The molecule has 122 valence electrons. The molecule has 23 heavy (non-hydrogen) atoms. The Kier molecular flexibility index (Phi) is 3.61. The topological polar surface area (TPSA) is 47.4 Å². The zero-order valence-electron chi connectivity index (χ0n) is 13.5. The molecular weight excluding hydrogens is 310 g/mol. The highest BCUT2D eigenvalue weighted by Crippen LogP contribution is 2.46. The third-order valence-corrected chi connectivity index (χ3v) is 6.36. The van der Waals surface area contributed by atoms with E-state index in [4.69, 9.17) is 4.74 Å². The fourth-order valence-electron chi connectivity index (χ4n) is 3.68. The normalized spacial score (nSPS) is 22.7. The molecule has 2 fully saturated rings. The lowest BCUT2D eigenvalue weighted by Gasteiger charge is -2.47. The molecular formula is C17H21N3O2S. The first-order valence-corrected chi connectivity index (χ1v) is 9.07. The zero-order chi connectivity index (χ0) is 16.0. The fourth-order valence-corrected chi connectivity index (χ4v) is 5.23. The van der Waals surface area contributed by atoms with Crippen LogP contribution in [0.4, 0.5) is 0 Å². The standard InChI is InChI=1S/C17H21N3O2S/c1-3-22-12-8-17(23-9-12)10-20(11-17)16(21)15-13-6-4-5-7-14(13)19(2)18-15/h4-7,12H,3,8-11H2,1-2H3. The van der Waals surface area contributed by atoms with Crippen LogP contribution in [0.5, 0.6) is 0 Å². The van der Waals surface area contributed by atoms with Crippen LogP contribution in [-0.2, 0) is 11.8 Å². The van der Waals surface area contributed by atoms with Gasteiger partial charge >= 0.3 is 0 Å². The average molecular weight is 331 g/mol. The van der Waals surface area contributed by atoms with Crippen molar-refractivity contribution in [2.75, 3.05) is 25.4 Å². The number of aryl methyl sites for hydroxylation is 1. The number of para-hydroxylation sites is 1. The highest BCUT2D eigenvalue weighted by atomic mass is 32.2. The molecule has 1 atom stereocenters. The number of rotatable bonds is 3. The monoisotopic (exact) mass is 331 g/mol. The first-order valence-electron chi connectivity index (χ1n) is 8.08. The van der Waals surface area contributed by atoms with Gasteiger partial charge in [-0.15, -0.1) is 11.8 Å². The van der Waals surface area contributed by atoms with Gasteiger partial charge in [-0.1, -0.05) is 18.2 Å². The quantitative estimate of drug-likeness (QED) is 0.866. The van der Waals surface area contributed by atoms with Crippen molar-refractivity contribution in [1.29, 1.82) is 0 Å². The summed E-state index contributed by atoms with van der Waals surface area (Å²) in [6.45, 7) is 4.43. The second-order valence-corrected chi connectivity index (χ2v) is 7.91. The molecule has 0 N–H and O–H groups in total. The van der Waals surface area contributed by atoms with Gasteiger partial charge in [0.1, 0.15) is 0 Å². The third kappa shape index (κ3) is 2.44. The van der Waals surface area contributed by atoms with Crippen LogP contribution in [0.15, 0.2) is 24.3 Å². The van der Waals surface area contributed by atoms with E-state index in [1.807, 2.05) is 54.9 Å². The summed E-state index contributed by atoms with van der Waals surface area (Å²) in [6.07, 6.45) is 1.40. The number of carbonyl (C=O) groups is 1. The number of thioether (sulfide) groups is 1. The number of carbonyl (C=O) groups excluding carboxylic acids is 1. The van der Waals surface area contributed by atoms with Gasteiger partial charge in [0.15, 0.2) is 5.69 Å². The van der Waals surface area contributed by atoms with Crippen LogP contribution in [0.1, 0.15) is 23.8 Å². The molecule has 6 heteroatoms. The first-order chi connectivity index (χ1) is 11.1. The molecule has 5 nitrogen and oxygen atoms in total. The largest absolute Gasteiger partial charge is 0.378 e. The second-order valence-electron chi connectivity index (χ2n) is 6.43. The molecule has 1 unspecified atom stereocenters. The Morgan fingerprint density at radius 1 is 1.43 bits per heavy atom. The molecule has 1 aromatic heterocycles. The van der Waals surface area contributed by atoms with Gasteiger partial charge in [-0.3, -0.25) is 9.48 Å². The van der Waals surface area contributed by atoms with Crippen LogP contribution in [0.3, 0.4) is 0 Å². The Labute approximate surface area is 140 Å². The number of amides is 1. The van der Waals surface area contributed by atoms with E-state index in [0.717, 1.165) is 42.8 Å². The van der Waals surface area contributed by atoms with Gasteiger partial charge in [0.05, 0.1) is 16.4 Å². The molecule has 0 radical (unpaired) electrons. The van der Waals surface area contributed by atoms with Crippen molar-refractivity contribution in [3.8, 4) is 0 Å². The van der Waals surface area contributed by atoms with Crippen molar-refractivity contribution in [2.45, 2.75) is 24.2 Å². The van der Waals surface area contributed by atoms with Crippen molar-refractivity contribution >= 4 is 28.6 Å². The van der Waals surface area contributed by atoms with Gasteiger partial charge in [0.25, 0.3) is 5.91 Å². The van der Waals surface area contributed by atoms with Crippen LogP contribution in [-0.4, -0.2) is 56.9 Å². The first kappa shape index (κ1) is 15.0. The van der Waals surface area contributed by atoms with Gasteiger partial charge in [0.2, 0.25) is 0 Å². The van der Waals surface area contributed by atoms with E-state index in [-0.39, 0.29) is 10.7 Å². The number of nitrogens with zero attached hydrogens (tertiary/aromatic N) is 3. The van der Waals surface area contributed by atoms with Crippen molar-refractivity contribution in [3.05, 3.63) is 30.0 Å². The van der Waals surface area contributed by atoms with E-state index in [1.54, 1.807) is 4.68 Å². The molecule has 2 aromatic rings. The molecule has 2 aliphatic heterocycles. The molecule has 1 aromatic carbocycles. The van der Waals surface area contributed by atoms with Crippen molar-refractivity contribution < 1.29 is 9.53 Å². The summed E-state index contributed by atoms with van der Waals surface area (Å²) < 4.78 is 7.73. The summed E-state index contributed by atoms with van der Waals surface area (Å²) >= 11 is 1.96. The molecule has 4 rings (SSSR count). The maximum Gasteiger partial charge on any atom is 0.275 e. The van der Waals surface area contributed by atoms with Gasteiger partial charge in [-0.2, -0.15) is 5.10 Å². The highest BCUT2D eigenvalue weighted by Gasteiger charge is 2.51.